The van der Waals surface area contributed by atoms with Gasteiger partial charge in [0.1, 0.15) is 6.54 Å². The van der Waals surface area contributed by atoms with E-state index in [1.165, 1.54) is 44.1 Å². The molecule has 0 aromatic rings. The normalized spacial score (nSPS) is 34.2. The van der Waals surface area contributed by atoms with Crippen molar-refractivity contribution in [3.8, 4) is 0 Å². The van der Waals surface area contributed by atoms with E-state index in [-0.39, 0.29) is 12.0 Å². The van der Waals surface area contributed by atoms with Gasteiger partial charge in [-0.15, -0.1) is 0 Å². The fraction of sp³-hybridized carbons (Fsp3) is 0.900. The highest BCUT2D eigenvalue weighted by Crippen LogP contribution is 2.17. The minimum Gasteiger partial charge on any atom is -0.464 e. The van der Waals surface area contributed by atoms with Gasteiger partial charge in [-0.3, -0.25) is 0 Å². The minimum absolute atomic E-state index is 0.0134. The van der Waals surface area contributed by atoms with E-state index < -0.39 is 0 Å². The summed E-state index contributed by atoms with van der Waals surface area (Å²) >= 11 is 0. The number of hydrogen-bond acceptors (Lipinski definition) is 2. The second kappa shape index (κ2) is 3.66. The quantitative estimate of drug-likeness (QED) is 0.474. The molecule has 74 valence electrons. The van der Waals surface area contributed by atoms with Crippen LogP contribution in [0.25, 0.3) is 0 Å². The van der Waals surface area contributed by atoms with Crippen LogP contribution in [0.2, 0.25) is 0 Å². The predicted octanol–water partition coefficient (Wildman–Crippen LogP) is -0.241. The smallest absolute Gasteiger partial charge is 0.370 e. The molecule has 0 bridgehead atoms. The number of carbonyl (C=O) groups is 1. The summed E-state index contributed by atoms with van der Waals surface area (Å²) in [6.07, 6.45) is 6.70. The van der Waals surface area contributed by atoms with E-state index >= 15 is 0 Å². The maximum absolute atomic E-state index is 11.2. The van der Waals surface area contributed by atoms with E-state index in [1.807, 2.05) is 0 Å². The topological polar surface area (TPSA) is 30.7 Å². The van der Waals surface area contributed by atoms with Crippen LogP contribution in [0.15, 0.2) is 0 Å². The van der Waals surface area contributed by atoms with Crippen LogP contribution < -0.4 is 4.90 Å². The Balaban J connectivity index is 1.81. The average Bonchev–Trinajstić information content (AvgIpc) is 2.98. The fourth-order valence-corrected chi connectivity index (χ4v) is 2.48. The van der Waals surface area contributed by atoms with Gasteiger partial charge in [0.2, 0.25) is 6.04 Å². The summed E-state index contributed by atoms with van der Waals surface area (Å²) in [5, 5.41) is 0. The third-order valence-corrected chi connectivity index (χ3v) is 3.34. The number of carbonyl (C=O) groups excluding carboxylic acids is 1. The monoisotopic (exact) mass is 184 g/mol. The molecular weight excluding hydrogens is 166 g/mol. The zero-order chi connectivity index (χ0) is 9.26. The number of esters is 1. The second-order valence-corrected chi connectivity index (χ2v) is 4.19. The summed E-state index contributed by atoms with van der Waals surface area (Å²) in [6, 6.07) is 0.922. The number of quaternary nitrogens is 1. The van der Waals surface area contributed by atoms with Crippen LogP contribution in [-0.2, 0) is 9.53 Å². The molecule has 0 aromatic carbocycles. The highest BCUT2D eigenvalue weighted by atomic mass is 16.5. The molecule has 1 aliphatic carbocycles. The van der Waals surface area contributed by atoms with Crippen LogP contribution >= 0.6 is 0 Å². The Morgan fingerprint density at radius 1 is 1.31 bits per heavy atom. The fourth-order valence-electron chi connectivity index (χ4n) is 2.48. The lowest BCUT2D eigenvalue weighted by Crippen LogP contribution is -3.00. The Morgan fingerprint density at radius 2 is 2.00 bits per heavy atom. The van der Waals surface area contributed by atoms with Crippen molar-refractivity contribution in [2.45, 2.75) is 44.2 Å². The van der Waals surface area contributed by atoms with Gasteiger partial charge in [-0.2, -0.15) is 0 Å². The van der Waals surface area contributed by atoms with Crippen LogP contribution in [0.5, 0.6) is 0 Å². The van der Waals surface area contributed by atoms with Gasteiger partial charge in [0, 0.05) is 0 Å². The van der Waals surface area contributed by atoms with E-state index in [4.69, 9.17) is 4.74 Å². The van der Waals surface area contributed by atoms with Gasteiger partial charge in [0.25, 0.3) is 0 Å². The van der Waals surface area contributed by atoms with Gasteiger partial charge in [-0.05, 0) is 25.7 Å². The van der Waals surface area contributed by atoms with E-state index in [0.717, 1.165) is 12.6 Å². The Bertz CT molecular complexity index is 199. The van der Waals surface area contributed by atoms with Crippen LogP contribution in [0.4, 0.5) is 0 Å². The highest BCUT2D eigenvalue weighted by molar-refractivity contribution is 5.75. The molecule has 0 radical (unpaired) electrons. The van der Waals surface area contributed by atoms with Crippen molar-refractivity contribution in [1.29, 1.82) is 0 Å². The predicted molar refractivity (Wildman–Crippen MR) is 48.5 cm³/mol. The van der Waals surface area contributed by atoms with E-state index in [9.17, 15) is 4.79 Å². The van der Waals surface area contributed by atoms with Crippen molar-refractivity contribution < 1.29 is 14.4 Å². The van der Waals surface area contributed by atoms with Crippen LogP contribution in [-0.4, -0.2) is 31.7 Å². The molecule has 1 saturated carbocycles. The molecule has 2 fully saturated rings. The summed E-state index contributed by atoms with van der Waals surface area (Å²) in [4.78, 5) is 12.7. The van der Waals surface area contributed by atoms with Gasteiger partial charge >= 0.3 is 5.97 Å². The van der Waals surface area contributed by atoms with Crippen LogP contribution in [0, 0.1) is 0 Å². The SMILES string of the molecule is COC(=O)[C@H]1C[NH+]1C1CCCCC1. The first-order valence-corrected chi connectivity index (χ1v) is 5.26. The van der Waals surface area contributed by atoms with Gasteiger partial charge in [-0.25, -0.2) is 4.79 Å². The molecule has 0 aromatic heterocycles. The first-order chi connectivity index (χ1) is 6.33. The molecular formula is C10H18NO2+. The first kappa shape index (κ1) is 9.00. The molecule has 0 spiro atoms. The van der Waals surface area contributed by atoms with E-state index in [1.54, 1.807) is 0 Å². The van der Waals surface area contributed by atoms with Crippen molar-refractivity contribution >= 4 is 5.97 Å². The summed E-state index contributed by atoms with van der Waals surface area (Å²) in [7, 11) is 1.49. The van der Waals surface area contributed by atoms with E-state index in [0.29, 0.717) is 0 Å². The maximum atomic E-state index is 11.2. The molecule has 13 heavy (non-hydrogen) atoms. The first-order valence-electron chi connectivity index (χ1n) is 5.26. The lowest BCUT2D eigenvalue weighted by atomic mass is 9.95. The summed E-state index contributed by atoms with van der Waals surface area (Å²) in [5.74, 6) is -0.0134. The minimum atomic E-state index is -0.0134. The maximum Gasteiger partial charge on any atom is 0.370 e. The molecule has 3 heteroatoms. The third-order valence-electron chi connectivity index (χ3n) is 3.34. The zero-order valence-corrected chi connectivity index (χ0v) is 8.21. The summed E-state index contributed by atoms with van der Waals surface area (Å²) in [5.41, 5.74) is 0. The van der Waals surface area contributed by atoms with Crippen molar-refractivity contribution in [3.05, 3.63) is 0 Å². The average molecular weight is 184 g/mol. The molecule has 3 nitrogen and oxygen atoms in total. The number of methoxy groups -OCH3 is 1. The Hall–Kier alpha value is -0.570. The highest BCUT2D eigenvalue weighted by Gasteiger charge is 2.51. The number of ether oxygens (including phenoxy) is 1. The second-order valence-electron chi connectivity index (χ2n) is 4.19. The Morgan fingerprint density at radius 3 is 2.62 bits per heavy atom. The molecule has 1 N–H and O–H groups in total. The Kier molecular flexibility index (Phi) is 2.54. The molecule has 2 aliphatic rings. The van der Waals surface area contributed by atoms with Crippen molar-refractivity contribution in [2.24, 2.45) is 0 Å². The molecule has 1 aliphatic heterocycles. The molecule has 0 amide bonds. The third kappa shape index (κ3) is 1.85. The number of nitrogens with one attached hydrogen (secondary N) is 1. The lowest BCUT2D eigenvalue weighted by molar-refractivity contribution is -0.802. The lowest BCUT2D eigenvalue weighted by Gasteiger charge is -2.19. The largest absolute Gasteiger partial charge is 0.464 e. The Labute approximate surface area is 79.0 Å². The summed E-state index contributed by atoms with van der Waals surface area (Å²) in [6.45, 7) is 1.01. The van der Waals surface area contributed by atoms with Crippen molar-refractivity contribution in [3.63, 3.8) is 0 Å². The number of rotatable bonds is 2. The standard InChI is InChI=1S/C10H17NO2/c1-13-10(12)9-7-11(9)8-5-3-2-4-6-8/h8-9H,2-7H2,1H3/p+1/t9-,11?/m1/s1. The van der Waals surface area contributed by atoms with Gasteiger partial charge < -0.3 is 9.64 Å². The molecule has 1 saturated heterocycles. The zero-order valence-electron chi connectivity index (χ0n) is 8.21. The van der Waals surface area contributed by atoms with Gasteiger partial charge in [-0.1, -0.05) is 6.42 Å². The summed E-state index contributed by atoms with van der Waals surface area (Å²) < 4.78 is 4.74. The molecule has 1 unspecified atom stereocenters. The van der Waals surface area contributed by atoms with Crippen LogP contribution in [0.3, 0.4) is 0 Å². The van der Waals surface area contributed by atoms with Crippen molar-refractivity contribution in [1.82, 2.24) is 0 Å². The number of hydrogen-bond donors (Lipinski definition) is 1. The van der Waals surface area contributed by atoms with E-state index in [2.05, 4.69) is 0 Å². The molecule has 2 atom stereocenters. The molecule has 2 rings (SSSR count). The van der Waals surface area contributed by atoms with Gasteiger partial charge in [0.05, 0.1) is 13.2 Å². The van der Waals surface area contributed by atoms with Crippen molar-refractivity contribution in [2.75, 3.05) is 13.7 Å². The van der Waals surface area contributed by atoms with Crippen LogP contribution in [0.1, 0.15) is 32.1 Å². The molecule has 1 heterocycles. The van der Waals surface area contributed by atoms with Gasteiger partial charge in [0.15, 0.2) is 0 Å².